The molecule has 1 unspecified atom stereocenters. The van der Waals surface area contributed by atoms with Gasteiger partial charge in [0.2, 0.25) is 0 Å². The normalized spacial score (nSPS) is 11.7. The van der Waals surface area contributed by atoms with Crippen LogP contribution in [0.15, 0.2) is 12.7 Å². The van der Waals surface area contributed by atoms with E-state index in [1.54, 1.807) is 6.08 Å². The zero-order valence-corrected chi connectivity index (χ0v) is 19.0. The number of esters is 1. The van der Waals surface area contributed by atoms with Crippen LogP contribution in [0.4, 0.5) is 4.79 Å². The molecule has 1 amide bonds. The largest absolute Gasteiger partial charge is 0.464 e. The summed E-state index contributed by atoms with van der Waals surface area (Å²) in [5, 5.41) is 2.60. The van der Waals surface area contributed by atoms with Crippen LogP contribution in [-0.4, -0.2) is 31.3 Å². The molecular formula is C24H45NO4. The molecule has 5 heteroatoms. The Kier molecular flexibility index (Phi) is 20.1. The van der Waals surface area contributed by atoms with Gasteiger partial charge in [0, 0.05) is 0 Å². The van der Waals surface area contributed by atoms with E-state index in [2.05, 4.69) is 25.7 Å². The average molecular weight is 412 g/mol. The highest BCUT2D eigenvalue weighted by atomic mass is 16.6. The van der Waals surface area contributed by atoms with Gasteiger partial charge in [0.05, 0.1) is 13.2 Å². The molecule has 0 heterocycles. The molecule has 0 saturated heterocycles. The zero-order valence-electron chi connectivity index (χ0n) is 19.0. The molecule has 170 valence electrons. The number of ether oxygens (including phenoxy) is 2. The van der Waals surface area contributed by atoms with Gasteiger partial charge < -0.3 is 14.8 Å². The van der Waals surface area contributed by atoms with Gasteiger partial charge in [0.15, 0.2) is 0 Å². The van der Waals surface area contributed by atoms with Gasteiger partial charge in [0.1, 0.15) is 6.04 Å². The van der Waals surface area contributed by atoms with Crippen molar-refractivity contribution in [3.8, 4) is 0 Å². The van der Waals surface area contributed by atoms with Gasteiger partial charge in [-0.05, 0) is 19.3 Å². The van der Waals surface area contributed by atoms with Crippen LogP contribution in [0.25, 0.3) is 0 Å². The Morgan fingerprint density at radius 2 is 1.21 bits per heavy atom. The van der Waals surface area contributed by atoms with E-state index in [-0.39, 0.29) is 0 Å². The first-order valence-corrected chi connectivity index (χ1v) is 11.9. The number of unbranched alkanes of at least 4 members (excludes halogenated alkanes) is 12. The van der Waals surface area contributed by atoms with E-state index in [0.717, 1.165) is 25.7 Å². The maximum atomic E-state index is 12.2. The fourth-order valence-electron chi connectivity index (χ4n) is 3.12. The van der Waals surface area contributed by atoms with E-state index in [1.165, 1.54) is 64.2 Å². The molecule has 0 aliphatic rings. The van der Waals surface area contributed by atoms with Crippen molar-refractivity contribution >= 4 is 12.1 Å². The van der Waals surface area contributed by atoms with E-state index >= 15 is 0 Å². The first-order chi connectivity index (χ1) is 14.2. The predicted octanol–water partition coefficient (Wildman–Crippen LogP) is 6.70. The quantitative estimate of drug-likeness (QED) is 0.137. The summed E-state index contributed by atoms with van der Waals surface area (Å²) in [5.74, 6) is -0.414. The molecule has 0 spiro atoms. The highest BCUT2D eigenvalue weighted by Crippen LogP contribution is 2.09. The molecule has 1 atom stereocenters. The Morgan fingerprint density at radius 1 is 0.759 bits per heavy atom. The lowest BCUT2D eigenvalue weighted by Crippen LogP contribution is -2.42. The van der Waals surface area contributed by atoms with Crippen molar-refractivity contribution < 1.29 is 19.1 Å². The third-order valence-corrected chi connectivity index (χ3v) is 4.95. The molecule has 0 saturated carbocycles. The molecular weight excluding hydrogens is 366 g/mol. The van der Waals surface area contributed by atoms with E-state index in [9.17, 15) is 9.59 Å². The lowest BCUT2D eigenvalue weighted by atomic mass is 10.1. The summed E-state index contributed by atoms with van der Waals surface area (Å²) >= 11 is 0. The highest BCUT2D eigenvalue weighted by Gasteiger charge is 2.21. The molecule has 0 fully saturated rings. The summed E-state index contributed by atoms with van der Waals surface area (Å²) in [6, 6.07) is -0.723. The highest BCUT2D eigenvalue weighted by molar-refractivity contribution is 5.81. The fourth-order valence-corrected chi connectivity index (χ4v) is 3.12. The molecule has 0 aromatic heterocycles. The molecule has 5 nitrogen and oxygen atoms in total. The van der Waals surface area contributed by atoms with Gasteiger partial charge in [-0.2, -0.15) is 0 Å². The Balaban J connectivity index is 3.83. The van der Waals surface area contributed by atoms with Crippen LogP contribution in [-0.2, 0) is 14.3 Å². The van der Waals surface area contributed by atoms with E-state index < -0.39 is 18.1 Å². The van der Waals surface area contributed by atoms with Gasteiger partial charge in [-0.15, -0.1) is 6.58 Å². The smallest absolute Gasteiger partial charge is 0.407 e. The Bertz CT molecular complexity index is 412. The average Bonchev–Trinajstić information content (AvgIpc) is 2.71. The van der Waals surface area contributed by atoms with Crippen molar-refractivity contribution in [2.75, 3.05) is 13.2 Å². The minimum Gasteiger partial charge on any atom is -0.464 e. The standard InChI is InChI=1S/C24H45NO4/c1-4-7-9-11-13-14-16-18-21-29-24(27)25-22(19-6-3)23(26)28-20-17-15-12-10-8-5-2/h6,22H,3-5,7-21H2,1-2H3,(H,25,27). The van der Waals surface area contributed by atoms with Crippen LogP contribution in [0.2, 0.25) is 0 Å². The van der Waals surface area contributed by atoms with Gasteiger partial charge in [0.25, 0.3) is 0 Å². The van der Waals surface area contributed by atoms with Gasteiger partial charge in [-0.3, -0.25) is 0 Å². The molecule has 0 bridgehead atoms. The Morgan fingerprint density at radius 3 is 1.69 bits per heavy atom. The van der Waals surface area contributed by atoms with Crippen molar-refractivity contribution in [2.24, 2.45) is 0 Å². The summed E-state index contributed by atoms with van der Waals surface area (Å²) in [5.41, 5.74) is 0. The molecule has 0 aliphatic heterocycles. The van der Waals surface area contributed by atoms with Crippen LogP contribution >= 0.6 is 0 Å². The molecule has 0 radical (unpaired) electrons. The SMILES string of the molecule is C=CCC(NC(=O)OCCCCCCCCCC)C(=O)OCCCCCCCC. The number of carbonyl (C=O) groups is 2. The molecule has 0 aromatic rings. The molecule has 0 aromatic carbocycles. The van der Waals surface area contributed by atoms with Crippen LogP contribution in [0.5, 0.6) is 0 Å². The van der Waals surface area contributed by atoms with E-state index in [4.69, 9.17) is 9.47 Å². The van der Waals surface area contributed by atoms with Crippen LogP contribution in [0.3, 0.4) is 0 Å². The third-order valence-electron chi connectivity index (χ3n) is 4.95. The van der Waals surface area contributed by atoms with Crippen molar-refractivity contribution in [1.29, 1.82) is 0 Å². The third kappa shape index (κ3) is 18.3. The van der Waals surface area contributed by atoms with E-state index in [0.29, 0.717) is 19.6 Å². The summed E-state index contributed by atoms with van der Waals surface area (Å²) in [4.78, 5) is 24.1. The molecule has 0 rings (SSSR count). The number of nitrogens with one attached hydrogen (secondary N) is 1. The first-order valence-electron chi connectivity index (χ1n) is 11.9. The molecule has 1 N–H and O–H groups in total. The number of hydrogen-bond donors (Lipinski definition) is 1. The van der Waals surface area contributed by atoms with Gasteiger partial charge in [-0.1, -0.05) is 97.0 Å². The number of rotatable bonds is 20. The fraction of sp³-hybridized carbons (Fsp3) is 0.833. The molecule has 0 aliphatic carbocycles. The first kappa shape index (κ1) is 27.5. The minimum atomic E-state index is -0.723. The number of alkyl carbamates (subject to hydrolysis) is 1. The van der Waals surface area contributed by atoms with Gasteiger partial charge >= 0.3 is 12.1 Å². The van der Waals surface area contributed by atoms with Crippen molar-refractivity contribution in [2.45, 2.75) is 116 Å². The maximum Gasteiger partial charge on any atom is 0.407 e. The van der Waals surface area contributed by atoms with Crippen molar-refractivity contribution in [3.63, 3.8) is 0 Å². The van der Waals surface area contributed by atoms with Crippen molar-refractivity contribution in [1.82, 2.24) is 5.32 Å². The van der Waals surface area contributed by atoms with Crippen LogP contribution in [0.1, 0.15) is 110 Å². The Hall–Kier alpha value is -1.52. The number of amides is 1. The summed E-state index contributed by atoms with van der Waals surface area (Å²) in [6.07, 6.45) is 17.7. The topological polar surface area (TPSA) is 64.6 Å². The van der Waals surface area contributed by atoms with Crippen LogP contribution in [0, 0.1) is 0 Å². The Labute approximate surface area is 179 Å². The lowest BCUT2D eigenvalue weighted by Gasteiger charge is -2.16. The summed E-state index contributed by atoms with van der Waals surface area (Å²) < 4.78 is 10.5. The maximum absolute atomic E-state index is 12.2. The van der Waals surface area contributed by atoms with Crippen molar-refractivity contribution in [3.05, 3.63) is 12.7 Å². The lowest BCUT2D eigenvalue weighted by molar-refractivity contribution is -0.146. The second-order valence-corrected chi connectivity index (χ2v) is 7.77. The molecule has 29 heavy (non-hydrogen) atoms. The predicted molar refractivity (Wildman–Crippen MR) is 120 cm³/mol. The zero-order chi connectivity index (χ0) is 21.6. The number of carbonyl (C=O) groups excluding carboxylic acids is 2. The minimum absolute atomic E-state index is 0.336. The van der Waals surface area contributed by atoms with Crippen LogP contribution < -0.4 is 5.32 Å². The summed E-state index contributed by atoms with van der Waals surface area (Å²) in [7, 11) is 0. The van der Waals surface area contributed by atoms with Gasteiger partial charge in [-0.25, -0.2) is 9.59 Å². The summed E-state index contributed by atoms with van der Waals surface area (Å²) in [6.45, 7) is 8.84. The number of hydrogen-bond acceptors (Lipinski definition) is 4. The second-order valence-electron chi connectivity index (χ2n) is 7.77. The monoisotopic (exact) mass is 411 g/mol. The van der Waals surface area contributed by atoms with E-state index in [1.807, 2.05) is 0 Å². The second kappa shape index (κ2) is 21.2.